The van der Waals surface area contributed by atoms with Crippen LogP contribution < -0.4 is 5.32 Å². The monoisotopic (exact) mass is 668 g/mol. The van der Waals surface area contributed by atoms with Crippen LogP contribution in [0, 0.1) is 5.82 Å². The maximum absolute atomic E-state index is 15.2. The second-order valence-electron chi connectivity index (χ2n) is 11.2. The minimum Gasteiger partial charge on any atom is -0.478 e. The Labute approximate surface area is 279 Å². The number of nitrogens with one attached hydrogen (secondary N) is 1. The number of carbonyl (C=O) groups is 3. The number of amides is 2. The van der Waals surface area contributed by atoms with Crippen LogP contribution >= 0.6 is 11.6 Å². The number of benzene rings is 3. The number of anilines is 1. The number of fused-ring (bicyclic) bond motifs is 1. The van der Waals surface area contributed by atoms with E-state index in [0.29, 0.717) is 17.7 Å². The number of aryl methyl sites for hydroxylation is 1. The third kappa shape index (κ3) is 6.58. The summed E-state index contributed by atoms with van der Waals surface area (Å²) < 4.78 is 18.4. The van der Waals surface area contributed by atoms with Crippen LogP contribution in [0.2, 0.25) is 5.02 Å². The van der Waals surface area contributed by atoms with Crippen molar-refractivity contribution in [3.63, 3.8) is 0 Å². The quantitative estimate of drug-likeness (QED) is 0.183. The van der Waals surface area contributed by atoms with E-state index in [9.17, 15) is 19.5 Å². The summed E-state index contributed by atoms with van der Waals surface area (Å²) in [5, 5.41) is 27.5. The Hall–Kier alpha value is -5.69. The zero-order chi connectivity index (χ0) is 33.8. The van der Waals surface area contributed by atoms with E-state index in [0.717, 1.165) is 36.1 Å². The number of unbranched alkanes of at least 4 members (excludes halogenated alkanes) is 1. The van der Waals surface area contributed by atoms with Crippen LogP contribution in [0.1, 0.15) is 52.9 Å². The molecule has 2 aromatic heterocycles. The largest absolute Gasteiger partial charge is 0.478 e. The van der Waals surface area contributed by atoms with Crippen molar-refractivity contribution < 1.29 is 23.9 Å². The molecule has 2 N–H and O–H groups in total. The van der Waals surface area contributed by atoms with Gasteiger partial charge in [0.15, 0.2) is 5.82 Å². The van der Waals surface area contributed by atoms with E-state index in [-0.39, 0.29) is 28.4 Å². The van der Waals surface area contributed by atoms with Crippen LogP contribution in [0.5, 0.6) is 0 Å². The van der Waals surface area contributed by atoms with Gasteiger partial charge in [-0.05, 0) is 82.4 Å². The van der Waals surface area contributed by atoms with Crippen molar-refractivity contribution in [1.29, 1.82) is 0 Å². The molecule has 0 saturated carbocycles. The van der Waals surface area contributed by atoms with Gasteiger partial charge in [0.1, 0.15) is 12.4 Å². The molecule has 12 nitrogen and oxygen atoms in total. The highest BCUT2D eigenvalue weighted by Gasteiger charge is 2.36. The lowest BCUT2D eigenvalue weighted by molar-refractivity contribution is -0.135. The highest BCUT2D eigenvalue weighted by Crippen LogP contribution is 2.37. The van der Waals surface area contributed by atoms with E-state index in [1.165, 1.54) is 64.5 Å². The summed E-state index contributed by atoms with van der Waals surface area (Å²) in [4.78, 5) is 40.7. The lowest BCUT2D eigenvalue weighted by Crippen LogP contribution is -2.45. The fourth-order valence-electron chi connectivity index (χ4n) is 5.75. The van der Waals surface area contributed by atoms with E-state index >= 15 is 4.39 Å². The number of aromatic nitrogens is 6. The first-order valence-electron chi connectivity index (χ1n) is 15.2. The van der Waals surface area contributed by atoms with Crippen molar-refractivity contribution in [2.24, 2.45) is 0 Å². The Balaban J connectivity index is 1.37. The van der Waals surface area contributed by atoms with Crippen LogP contribution in [-0.2, 0) is 22.6 Å². The standard InChI is InChI=1S/C34H30ClFN8O4/c1-2-3-16-42-19-22(18-38-42)24-5-4-6-26-25(24)15-17-43(32(26)33(46)39-23-9-7-21(8-10-23)34(47)48)30(45)14-11-27-29(44-20-37-40-41-44)13-12-28(35)31(27)36/h4-14,18-20,32H,2-3,15-17H2,1H3,(H,39,46)(H,47,48)/b14-11+. The number of hydrogen-bond acceptors (Lipinski definition) is 7. The van der Waals surface area contributed by atoms with Gasteiger partial charge in [-0.1, -0.05) is 43.1 Å². The molecular formula is C34H30ClFN8O4. The van der Waals surface area contributed by atoms with E-state index in [1.54, 1.807) is 6.20 Å². The van der Waals surface area contributed by atoms with Crippen LogP contribution in [-0.4, -0.2) is 64.3 Å². The SMILES string of the molecule is CCCCn1cc(-c2cccc3c2CCN(C(=O)/C=C/c2c(-n4cnnn4)ccc(Cl)c2F)C3C(=O)Nc2ccc(C(=O)O)cc2)cn1. The van der Waals surface area contributed by atoms with Crippen LogP contribution in [0.15, 0.2) is 79.4 Å². The van der Waals surface area contributed by atoms with Crippen molar-refractivity contribution >= 4 is 41.1 Å². The molecule has 1 unspecified atom stereocenters. The number of nitrogens with zero attached hydrogens (tertiary/aromatic N) is 7. The van der Waals surface area contributed by atoms with Gasteiger partial charge < -0.3 is 15.3 Å². The molecule has 48 heavy (non-hydrogen) atoms. The second kappa shape index (κ2) is 14.0. The van der Waals surface area contributed by atoms with Crippen molar-refractivity contribution in [3.05, 3.63) is 112 Å². The molecular weight excluding hydrogens is 639 g/mol. The minimum atomic E-state index is -1.09. The summed E-state index contributed by atoms with van der Waals surface area (Å²) >= 11 is 6.07. The van der Waals surface area contributed by atoms with Gasteiger partial charge in [-0.15, -0.1) is 5.10 Å². The predicted octanol–water partition coefficient (Wildman–Crippen LogP) is 5.59. The van der Waals surface area contributed by atoms with Crippen molar-refractivity contribution in [1.82, 2.24) is 34.9 Å². The van der Waals surface area contributed by atoms with Gasteiger partial charge in [0.2, 0.25) is 5.91 Å². The van der Waals surface area contributed by atoms with Gasteiger partial charge in [-0.3, -0.25) is 14.3 Å². The average Bonchev–Trinajstić information content (AvgIpc) is 3.80. The summed E-state index contributed by atoms with van der Waals surface area (Å²) in [6.45, 7) is 3.09. The van der Waals surface area contributed by atoms with Gasteiger partial charge in [-0.2, -0.15) is 9.78 Å². The van der Waals surface area contributed by atoms with Crippen LogP contribution in [0.4, 0.5) is 10.1 Å². The highest BCUT2D eigenvalue weighted by molar-refractivity contribution is 6.31. The molecule has 14 heteroatoms. The van der Waals surface area contributed by atoms with E-state index in [1.807, 2.05) is 29.1 Å². The first kappa shape index (κ1) is 32.3. The minimum absolute atomic E-state index is 0.0116. The van der Waals surface area contributed by atoms with E-state index in [4.69, 9.17) is 11.6 Å². The topological polar surface area (TPSA) is 148 Å². The van der Waals surface area contributed by atoms with Gasteiger partial charge in [0.05, 0.1) is 22.5 Å². The van der Waals surface area contributed by atoms with Gasteiger partial charge >= 0.3 is 5.97 Å². The number of carboxylic acid groups (broad SMARTS) is 1. The molecule has 0 saturated heterocycles. The summed E-state index contributed by atoms with van der Waals surface area (Å²) in [6.07, 6.45) is 10.0. The molecule has 0 fully saturated rings. The van der Waals surface area contributed by atoms with Gasteiger partial charge in [0.25, 0.3) is 5.91 Å². The predicted molar refractivity (Wildman–Crippen MR) is 176 cm³/mol. The first-order chi connectivity index (χ1) is 23.2. The third-order valence-corrected chi connectivity index (χ3v) is 8.43. The Morgan fingerprint density at radius 1 is 1.12 bits per heavy atom. The number of rotatable bonds is 10. The summed E-state index contributed by atoms with van der Waals surface area (Å²) in [7, 11) is 0. The van der Waals surface area contributed by atoms with E-state index in [2.05, 4.69) is 32.9 Å². The molecule has 1 aliphatic heterocycles. The zero-order valence-electron chi connectivity index (χ0n) is 25.8. The van der Waals surface area contributed by atoms with Crippen molar-refractivity contribution in [2.75, 3.05) is 11.9 Å². The Bertz CT molecular complexity index is 2010. The normalized spacial score (nSPS) is 14.2. The average molecular weight is 669 g/mol. The Kier molecular flexibility index (Phi) is 9.39. The molecule has 0 bridgehead atoms. The maximum atomic E-state index is 15.2. The lowest BCUT2D eigenvalue weighted by Gasteiger charge is -2.36. The number of carboxylic acids is 1. The maximum Gasteiger partial charge on any atom is 0.335 e. The fourth-order valence-corrected chi connectivity index (χ4v) is 5.91. The van der Waals surface area contributed by atoms with Crippen molar-refractivity contribution in [2.45, 2.75) is 38.8 Å². The first-order valence-corrected chi connectivity index (χ1v) is 15.6. The van der Waals surface area contributed by atoms with Crippen LogP contribution in [0.25, 0.3) is 22.9 Å². The van der Waals surface area contributed by atoms with Gasteiger partial charge in [-0.25, -0.2) is 9.18 Å². The molecule has 1 atom stereocenters. The molecule has 0 spiro atoms. The summed E-state index contributed by atoms with van der Waals surface area (Å²) in [6, 6.07) is 13.2. The fraction of sp³-hybridized carbons (Fsp3) is 0.206. The molecule has 1 aliphatic rings. The lowest BCUT2D eigenvalue weighted by atomic mass is 9.86. The summed E-state index contributed by atoms with van der Waals surface area (Å²) in [5.74, 6) is -2.90. The second-order valence-corrected chi connectivity index (χ2v) is 11.6. The van der Waals surface area contributed by atoms with Gasteiger partial charge in [0, 0.05) is 42.2 Å². The zero-order valence-corrected chi connectivity index (χ0v) is 26.5. The molecule has 3 heterocycles. The molecule has 0 aliphatic carbocycles. The Morgan fingerprint density at radius 2 is 1.94 bits per heavy atom. The van der Waals surface area contributed by atoms with Crippen LogP contribution in [0.3, 0.4) is 0 Å². The Morgan fingerprint density at radius 3 is 2.67 bits per heavy atom. The molecule has 5 aromatic rings. The number of tetrazole rings is 1. The molecule has 6 rings (SSSR count). The third-order valence-electron chi connectivity index (χ3n) is 8.14. The molecule has 2 amide bonds. The number of halogens is 2. The van der Waals surface area contributed by atoms with Crippen molar-refractivity contribution in [3.8, 4) is 16.8 Å². The summed E-state index contributed by atoms with van der Waals surface area (Å²) in [5.41, 5.74) is 4.03. The smallest absolute Gasteiger partial charge is 0.335 e. The number of hydrogen-bond donors (Lipinski definition) is 2. The highest BCUT2D eigenvalue weighted by atomic mass is 35.5. The molecule has 0 radical (unpaired) electrons. The number of carbonyl (C=O) groups excluding carboxylic acids is 2. The van der Waals surface area contributed by atoms with E-state index < -0.39 is 29.6 Å². The number of aromatic carboxylic acids is 1. The molecule has 244 valence electrons. The molecule has 3 aromatic carbocycles.